The SMILES string of the molecule is Brc1ccc(CNCCCc2ncc[nH]2)cc1Br. The van der Waals surface area contributed by atoms with E-state index in [1.165, 1.54) is 5.56 Å². The Morgan fingerprint density at radius 3 is 2.83 bits per heavy atom. The van der Waals surface area contributed by atoms with Gasteiger partial charge >= 0.3 is 0 Å². The van der Waals surface area contributed by atoms with Gasteiger partial charge in [-0.1, -0.05) is 6.07 Å². The van der Waals surface area contributed by atoms with Crippen LogP contribution in [0.3, 0.4) is 0 Å². The van der Waals surface area contributed by atoms with Gasteiger partial charge in [0.15, 0.2) is 0 Å². The van der Waals surface area contributed by atoms with Crippen molar-refractivity contribution in [2.45, 2.75) is 19.4 Å². The Hall–Kier alpha value is -0.650. The smallest absolute Gasteiger partial charge is 0.106 e. The molecule has 0 amide bonds. The average Bonchev–Trinajstić information content (AvgIpc) is 2.86. The van der Waals surface area contributed by atoms with Crippen molar-refractivity contribution in [1.82, 2.24) is 15.3 Å². The zero-order chi connectivity index (χ0) is 12.8. The van der Waals surface area contributed by atoms with E-state index in [0.29, 0.717) is 0 Å². The molecule has 0 bridgehead atoms. The van der Waals surface area contributed by atoms with Crippen molar-refractivity contribution in [2.75, 3.05) is 6.54 Å². The van der Waals surface area contributed by atoms with E-state index in [1.54, 1.807) is 6.20 Å². The molecule has 0 radical (unpaired) electrons. The molecule has 1 aromatic heterocycles. The Morgan fingerprint density at radius 1 is 1.22 bits per heavy atom. The molecule has 5 heteroatoms. The minimum absolute atomic E-state index is 0.893. The number of imidazole rings is 1. The molecule has 0 saturated carbocycles. The van der Waals surface area contributed by atoms with E-state index in [2.05, 4.69) is 65.3 Å². The zero-order valence-corrected chi connectivity index (χ0v) is 13.1. The number of aryl methyl sites for hydroxylation is 1. The van der Waals surface area contributed by atoms with Crippen molar-refractivity contribution in [3.8, 4) is 0 Å². The monoisotopic (exact) mass is 371 g/mol. The van der Waals surface area contributed by atoms with Crippen LogP contribution >= 0.6 is 31.9 Å². The molecule has 0 spiro atoms. The Labute approximate surface area is 124 Å². The summed E-state index contributed by atoms with van der Waals surface area (Å²) in [6, 6.07) is 6.31. The van der Waals surface area contributed by atoms with E-state index in [9.17, 15) is 0 Å². The fourth-order valence-electron chi connectivity index (χ4n) is 1.70. The van der Waals surface area contributed by atoms with Crippen molar-refractivity contribution in [3.63, 3.8) is 0 Å². The van der Waals surface area contributed by atoms with Crippen molar-refractivity contribution in [2.24, 2.45) is 0 Å². The number of aromatic nitrogens is 2. The van der Waals surface area contributed by atoms with Gasteiger partial charge in [-0.2, -0.15) is 0 Å². The van der Waals surface area contributed by atoms with Gasteiger partial charge in [0.05, 0.1) is 0 Å². The molecule has 0 atom stereocenters. The van der Waals surface area contributed by atoms with Gasteiger partial charge in [0.1, 0.15) is 5.82 Å². The number of nitrogens with zero attached hydrogens (tertiary/aromatic N) is 1. The number of hydrogen-bond donors (Lipinski definition) is 2. The lowest BCUT2D eigenvalue weighted by Crippen LogP contribution is -2.15. The van der Waals surface area contributed by atoms with Crippen LogP contribution in [0.15, 0.2) is 39.5 Å². The summed E-state index contributed by atoms with van der Waals surface area (Å²) in [5, 5.41) is 3.43. The summed E-state index contributed by atoms with van der Waals surface area (Å²) >= 11 is 6.97. The Bertz CT molecular complexity index is 483. The van der Waals surface area contributed by atoms with Crippen molar-refractivity contribution in [3.05, 3.63) is 50.9 Å². The van der Waals surface area contributed by atoms with E-state index < -0.39 is 0 Å². The van der Waals surface area contributed by atoms with Crippen LogP contribution in [-0.4, -0.2) is 16.5 Å². The molecule has 2 rings (SSSR count). The summed E-state index contributed by atoms with van der Waals surface area (Å²) in [5.41, 5.74) is 1.28. The predicted molar refractivity (Wildman–Crippen MR) is 80.5 cm³/mol. The highest BCUT2D eigenvalue weighted by atomic mass is 79.9. The van der Waals surface area contributed by atoms with Crippen molar-refractivity contribution < 1.29 is 0 Å². The van der Waals surface area contributed by atoms with Crippen molar-refractivity contribution >= 4 is 31.9 Å². The second kappa shape index (κ2) is 7.07. The molecule has 18 heavy (non-hydrogen) atoms. The number of halogens is 2. The summed E-state index contributed by atoms with van der Waals surface area (Å²) < 4.78 is 2.18. The first kappa shape index (κ1) is 13.8. The van der Waals surface area contributed by atoms with Crippen LogP contribution in [0.5, 0.6) is 0 Å². The Kier molecular flexibility index (Phi) is 5.41. The van der Waals surface area contributed by atoms with Crippen LogP contribution in [0.2, 0.25) is 0 Å². The molecule has 2 N–H and O–H groups in total. The van der Waals surface area contributed by atoms with Gasteiger partial charge in [0.25, 0.3) is 0 Å². The third kappa shape index (κ3) is 4.23. The van der Waals surface area contributed by atoms with Crippen LogP contribution in [0.25, 0.3) is 0 Å². The van der Waals surface area contributed by atoms with E-state index in [4.69, 9.17) is 0 Å². The largest absolute Gasteiger partial charge is 0.349 e. The average molecular weight is 373 g/mol. The molecular formula is C13H15Br2N3. The number of benzene rings is 1. The number of hydrogen-bond acceptors (Lipinski definition) is 2. The molecule has 0 fully saturated rings. The minimum atomic E-state index is 0.893. The van der Waals surface area contributed by atoms with Crippen LogP contribution < -0.4 is 5.32 Å². The fraction of sp³-hybridized carbons (Fsp3) is 0.308. The van der Waals surface area contributed by atoms with Gasteiger partial charge in [-0.05, 0) is 62.5 Å². The molecule has 0 aliphatic rings. The lowest BCUT2D eigenvalue weighted by molar-refractivity contribution is 0.641. The predicted octanol–water partition coefficient (Wildman–Crippen LogP) is 3.66. The summed E-state index contributed by atoms with van der Waals surface area (Å²) in [7, 11) is 0. The summed E-state index contributed by atoms with van der Waals surface area (Å²) in [6.45, 7) is 1.89. The molecule has 2 aromatic rings. The minimum Gasteiger partial charge on any atom is -0.349 e. The van der Waals surface area contributed by atoms with Crippen molar-refractivity contribution in [1.29, 1.82) is 0 Å². The van der Waals surface area contributed by atoms with Crippen LogP contribution in [0.4, 0.5) is 0 Å². The topological polar surface area (TPSA) is 40.7 Å². The molecule has 96 valence electrons. The van der Waals surface area contributed by atoms with E-state index in [-0.39, 0.29) is 0 Å². The first-order valence-electron chi connectivity index (χ1n) is 5.88. The number of aromatic amines is 1. The van der Waals surface area contributed by atoms with Gasteiger partial charge in [0, 0.05) is 34.3 Å². The van der Waals surface area contributed by atoms with E-state index in [1.807, 2.05) is 6.20 Å². The highest BCUT2D eigenvalue weighted by Crippen LogP contribution is 2.23. The summed E-state index contributed by atoms with van der Waals surface area (Å²) in [4.78, 5) is 7.31. The maximum atomic E-state index is 4.20. The summed E-state index contributed by atoms with van der Waals surface area (Å²) in [6.07, 6.45) is 5.74. The van der Waals surface area contributed by atoms with E-state index >= 15 is 0 Å². The zero-order valence-electron chi connectivity index (χ0n) is 9.92. The third-order valence-electron chi connectivity index (χ3n) is 2.64. The van der Waals surface area contributed by atoms with Gasteiger partial charge < -0.3 is 10.3 Å². The molecule has 0 saturated heterocycles. The Morgan fingerprint density at radius 2 is 2.11 bits per heavy atom. The number of nitrogens with one attached hydrogen (secondary N) is 2. The van der Waals surface area contributed by atoms with Crippen LogP contribution in [0, 0.1) is 0 Å². The highest BCUT2D eigenvalue weighted by molar-refractivity contribution is 9.13. The van der Waals surface area contributed by atoms with E-state index in [0.717, 1.165) is 40.7 Å². The summed E-state index contributed by atoms with van der Waals surface area (Å²) in [5.74, 6) is 1.06. The lowest BCUT2D eigenvalue weighted by Gasteiger charge is -2.05. The third-order valence-corrected chi connectivity index (χ3v) is 4.51. The maximum Gasteiger partial charge on any atom is 0.106 e. The Balaban J connectivity index is 1.67. The highest BCUT2D eigenvalue weighted by Gasteiger charge is 1.99. The number of H-pyrrole nitrogens is 1. The molecule has 0 aliphatic carbocycles. The molecule has 1 aromatic carbocycles. The number of rotatable bonds is 6. The first-order valence-corrected chi connectivity index (χ1v) is 7.47. The van der Waals surface area contributed by atoms with Crippen LogP contribution in [0.1, 0.15) is 17.8 Å². The fourth-order valence-corrected chi connectivity index (χ4v) is 2.37. The lowest BCUT2D eigenvalue weighted by atomic mass is 10.2. The second-order valence-electron chi connectivity index (χ2n) is 4.06. The molecular weight excluding hydrogens is 358 g/mol. The first-order chi connectivity index (χ1) is 8.75. The maximum absolute atomic E-state index is 4.20. The standard InChI is InChI=1S/C13H15Br2N3/c14-11-4-3-10(8-12(11)15)9-16-5-1-2-13-17-6-7-18-13/h3-4,6-8,16H,1-2,5,9H2,(H,17,18). The van der Waals surface area contributed by atoms with Gasteiger partial charge in [0.2, 0.25) is 0 Å². The van der Waals surface area contributed by atoms with Gasteiger partial charge in [-0.15, -0.1) is 0 Å². The van der Waals surface area contributed by atoms with Gasteiger partial charge in [-0.25, -0.2) is 4.98 Å². The quantitative estimate of drug-likeness (QED) is 0.759. The molecule has 1 heterocycles. The normalized spacial score (nSPS) is 10.8. The molecule has 0 unspecified atom stereocenters. The molecule has 0 aliphatic heterocycles. The van der Waals surface area contributed by atoms with Gasteiger partial charge in [-0.3, -0.25) is 0 Å². The van der Waals surface area contributed by atoms with Crippen LogP contribution in [-0.2, 0) is 13.0 Å². The molecule has 3 nitrogen and oxygen atoms in total. The second-order valence-corrected chi connectivity index (χ2v) is 5.77.